The van der Waals surface area contributed by atoms with E-state index in [-0.39, 0.29) is 11.3 Å². The zero-order valence-corrected chi connectivity index (χ0v) is 19.0. The fourth-order valence-corrected chi connectivity index (χ4v) is 3.86. The van der Waals surface area contributed by atoms with Gasteiger partial charge in [-0.05, 0) is 30.2 Å². The summed E-state index contributed by atoms with van der Waals surface area (Å²) in [5.41, 5.74) is 9.61. The number of carbonyl (C=O) groups is 1. The average molecular weight is 442 g/mol. The molecular weight excluding hydrogens is 414 g/mol. The van der Waals surface area contributed by atoms with E-state index in [0.29, 0.717) is 17.9 Å². The van der Waals surface area contributed by atoms with Gasteiger partial charge in [-0.3, -0.25) is 9.78 Å². The lowest BCUT2D eigenvalue weighted by molar-refractivity contribution is 0.0964. The van der Waals surface area contributed by atoms with E-state index in [1.54, 1.807) is 31.6 Å². The normalized spacial score (nSPS) is 12.8. The Hall–Kier alpha value is -4.07. The molecule has 1 atom stereocenters. The molecule has 33 heavy (non-hydrogen) atoms. The summed E-state index contributed by atoms with van der Waals surface area (Å²) in [5, 5.41) is 7.02. The molecule has 4 rings (SSSR count). The van der Waals surface area contributed by atoms with Gasteiger partial charge in [0.15, 0.2) is 0 Å². The number of fused-ring (bicyclic) bond motifs is 1. The Balaban J connectivity index is 1.64. The van der Waals surface area contributed by atoms with Crippen molar-refractivity contribution in [2.45, 2.75) is 25.7 Å². The molecule has 0 aliphatic heterocycles. The number of hydrogen-bond acceptors (Lipinski definition) is 7. The van der Waals surface area contributed by atoms with Gasteiger partial charge in [0, 0.05) is 48.4 Å². The first kappa shape index (κ1) is 22.1. The summed E-state index contributed by atoms with van der Waals surface area (Å²) in [4.78, 5) is 29.9. The first-order chi connectivity index (χ1) is 15.9. The van der Waals surface area contributed by atoms with E-state index in [1.807, 2.05) is 24.3 Å². The molecule has 0 saturated carbocycles. The molecule has 0 radical (unpaired) electrons. The van der Waals surface area contributed by atoms with E-state index in [1.165, 1.54) is 6.33 Å². The van der Waals surface area contributed by atoms with Gasteiger partial charge >= 0.3 is 0 Å². The van der Waals surface area contributed by atoms with Crippen molar-refractivity contribution in [1.29, 1.82) is 0 Å². The summed E-state index contributed by atoms with van der Waals surface area (Å²) >= 11 is 0. The number of rotatable bonds is 7. The van der Waals surface area contributed by atoms with Crippen LogP contribution in [-0.4, -0.2) is 39.4 Å². The maximum atomic E-state index is 12.4. The Morgan fingerprint density at radius 2 is 1.94 bits per heavy atom. The van der Waals surface area contributed by atoms with Crippen LogP contribution in [0.2, 0.25) is 0 Å². The lowest BCUT2D eigenvalue weighted by atomic mass is 9.78. The van der Waals surface area contributed by atoms with Crippen LogP contribution in [0.15, 0.2) is 61.2 Å². The van der Waals surface area contributed by atoms with E-state index in [2.05, 4.69) is 50.5 Å². The van der Waals surface area contributed by atoms with Crippen molar-refractivity contribution in [3.05, 3.63) is 72.3 Å². The minimum absolute atomic E-state index is 0.124. The first-order valence-electron chi connectivity index (χ1n) is 10.8. The topological polar surface area (TPSA) is 119 Å². The minimum atomic E-state index is -0.248. The molecule has 8 nitrogen and oxygen atoms in total. The standard InChI is InChI=1S/C25H27N7O/c1-4-25(2,19-7-5-6-17-18(24(33)27-3)10-11-28-23(17)19)14-30-22-12-20(31-15-32-22)16-8-9-21(26)29-13-16/h5-13,15H,4,14H2,1-3H3,(H2,26,29)(H,27,33)(H,30,31,32)/t25-/m1/s1. The average Bonchev–Trinajstić information content (AvgIpc) is 2.86. The third kappa shape index (κ3) is 4.45. The minimum Gasteiger partial charge on any atom is -0.384 e. The number of para-hydroxylation sites is 1. The van der Waals surface area contributed by atoms with Gasteiger partial charge in [-0.25, -0.2) is 15.0 Å². The summed E-state index contributed by atoms with van der Waals surface area (Å²) in [7, 11) is 1.63. The molecule has 8 heteroatoms. The highest BCUT2D eigenvalue weighted by atomic mass is 16.1. The molecule has 0 unspecified atom stereocenters. The lowest BCUT2D eigenvalue weighted by Gasteiger charge is -2.30. The van der Waals surface area contributed by atoms with E-state index < -0.39 is 0 Å². The third-order valence-electron chi connectivity index (χ3n) is 6.08. The Labute approximate surface area is 192 Å². The van der Waals surface area contributed by atoms with Crippen LogP contribution in [0, 0.1) is 0 Å². The molecule has 0 fully saturated rings. The maximum absolute atomic E-state index is 12.4. The monoisotopic (exact) mass is 441 g/mol. The summed E-state index contributed by atoms with van der Waals surface area (Å²) < 4.78 is 0. The number of nitrogens with one attached hydrogen (secondary N) is 2. The van der Waals surface area contributed by atoms with Crippen LogP contribution < -0.4 is 16.4 Å². The number of aromatic nitrogens is 4. The van der Waals surface area contributed by atoms with Crippen molar-refractivity contribution in [2.75, 3.05) is 24.6 Å². The van der Waals surface area contributed by atoms with E-state index >= 15 is 0 Å². The summed E-state index contributed by atoms with van der Waals surface area (Å²) in [5.74, 6) is 1.06. The lowest BCUT2D eigenvalue weighted by Crippen LogP contribution is -2.31. The number of anilines is 2. The number of nitrogens with two attached hydrogens (primary N) is 1. The Morgan fingerprint density at radius 1 is 1.09 bits per heavy atom. The zero-order valence-electron chi connectivity index (χ0n) is 19.0. The van der Waals surface area contributed by atoms with Crippen molar-refractivity contribution in [3.63, 3.8) is 0 Å². The predicted octanol–water partition coefficient (Wildman–Crippen LogP) is 3.81. The Morgan fingerprint density at radius 3 is 2.67 bits per heavy atom. The molecule has 0 saturated heterocycles. The molecule has 4 aromatic rings. The molecule has 0 spiro atoms. The smallest absolute Gasteiger partial charge is 0.251 e. The molecule has 3 heterocycles. The second kappa shape index (κ2) is 9.20. The SMILES string of the molecule is CC[C@](C)(CNc1cc(-c2ccc(N)nc2)ncn1)c1cccc2c(C(=O)NC)ccnc12. The predicted molar refractivity (Wildman–Crippen MR) is 131 cm³/mol. The molecule has 0 aliphatic carbocycles. The van der Waals surface area contributed by atoms with Crippen molar-refractivity contribution in [1.82, 2.24) is 25.3 Å². The second-order valence-electron chi connectivity index (χ2n) is 8.17. The zero-order chi connectivity index (χ0) is 23.4. The van der Waals surface area contributed by atoms with Crippen LogP contribution in [0.5, 0.6) is 0 Å². The Bertz CT molecular complexity index is 1290. The highest BCUT2D eigenvalue weighted by molar-refractivity contribution is 6.06. The highest BCUT2D eigenvalue weighted by Crippen LogP contribution is 2.34. The van der Waals surface area contributed by atoms with Crippen LogP contribution >= 0.6 is 0 Å². The fraction of sp³-hybridized carbons (Fsp3) is 0.240. The van der Waals surface area contributed by atoms with Crippen LogP contribution in [0.4, 0.5) is 11.6 Å². The van der Waals surface area contributed by atoms with Gasteiger partial charge in [-0.1, -0.05) is 32.0 Å². The number of amides is 1. The van der Waals surface area contributed by atoms with Crippen LogP contribution in [0.3, 0.4) is 0 Å². The number of hydrogen-bond donors (Lipinski definition) is 3. The Kier molecular flexibility index (Phi) is 6.17. The van der Waals surface area contributed by atoms with Gasteiger partial charge in [-0.15, -0.1) is 0 Å². The number of pyridine rings is 2. The van der Waals surface area contributed by atoms with E-state index in [0.717, 1.165) is 40.0 Å². The number of nitrogens with zero attached hydrogens (tertiary/aromatic N) is 4. The number of benzene rings is 1. The molecule has 4 N–H and O–H groups in total. The summed E-state index contributed by atoms with van der Waals surface area (Å²) in [6.45, 7) is 4.97. The quantitative estimate of drug-likeness (QED) is 0.399. The summed E-state index contributed by atoms with van der Waals surface area (Å²) in [6, 6.07) is 13.3. The van der Waals surface area contributed by atoms with Gasteiger partial charge < -0.3 is 16.4 Å². The molecule has 3 aromatic heterocycles. The van der Waals surface area contributed by atoms with Crippen LogP contribution in [0.25, 0.3) is 22.2 Å². The van der Waals surface area contributed by atoms with E-state index in [9.17, 15) is 4.79 Å². The van der Waals surface area contributed by atoms with Crippen LogP contribution in [0.1, 0.15) is 36.2 Å². The van der Waals surface area contributed by atoms with E-state index in [4.69, 9.17) is 5.73 Å². The second-order valence-corrected chi connectivity index (χ2v) is 8.17. The molecule has 0 bridgehead atoms. The molecular formula is C25H27N7O. The largest absolute Gasteiger partial charge is 0.384 e. The molecule has 1 amide bonds. The van der Waals surface area contributed by atoms with Gasteiger partial charge in [0.1, 0.15) is 18.0 Å². The highest BCUT2D eigenvalue weighted by Gasteiger charge is 2.28. The van der Waals surface area contributed by atoms with Gasteiger partial charge in [0.25, 0.3) is 5.91 Å². The molecule has 0 aliphatic rings. The summed E-state index contributed by atoms with van der Waals surface area (Å²) in [6.07, 6.45) is 5.79. The maximum Gasteiger partial charge on any atom is 0.251 e. The third-order valence-corrected chi connectivity index (χ3v) is 6.08. The van der Waals surface area contributed by atoms with Crippen LogP contribution in [-0.2, 0) is 5.41 Å². The van der Waals surface area contributed by atoms with Gasteiger partial charge in [0.05, 0.1) is 16.8 Å². The number of carbonyl (C=O) groups excluding carboxylic acids is 1. The molecule has 1 aromatic carbocycles. The fourth-order valence-electron chi connectivity index (χ4n) is 3.86. The number of nitrogen functional groups attached to an aromatic ring is 1. The molecule has 168 valence electrons. The van der Waals surface area contributed by atoms with Crippen molar-refractivity contribution in [3.8, 4) is 11.3 Å². The van der Waals surface area contributed by atoms with Crippen molar-refractivity contribution >= 4 is 28.4 Å². The van der Waals surface area contributed by atoms with Gasteiger partial charge in [-0.2, -0.15) is 0 Å². The van der Waals surface area contributed by atoms with Crippen molar-refractivity contribution in [2.24, 2.45) is 0 Å². The van der Waals surface area contributed by atoms with Gasteiger partial charge in [0.2, 0.25) is 0 Å². The van der Waals surface area contributed by atoms with Crippen molar-refractivity contribution < 1.29 is 4.79 Å². The first-order valence-corrected chi connectivity index (χ1v) is 10.8.